The van der Waals surface area contributed by atoms with Crippen LogP contribution in [-0.2, 0) is 4.79 Å². The number of methoxy groups -OCH3 is 1. The molecule has 3 aliphatic rings. The number of benzene rings is 2. The van der Waals surface area contributed by atoms with Crippen molar-refractivity contribution in [2.75, 3.05) is 50.1 Å². The molecule has 13 nitrogen and oxygen atoms in total. The Morgan fingerprint density at radius 1 is 1.17 bits per heavy atom. The van der Waals surface area contributed by atoms with E-state index in [9.17, 15) is 20.0 Å². The number of anilines is 1. The van der Waals surface area contributed by atoms with Crippen molar-refractivity contribution in [2.24, 2.45) is 11.8 Å². The third-order valence-corrected chi connectivity index (χ3v) is 10.8. The Hall–Kier alpha value is -4.01. The molecule has 5 atom stereocenters. The average molecular weight is 678 g/mol. The van der Waals surface area contributed by atoms with Gasteiger partial charge in [-0.1, -0.05) is 6.42 Å². The largest absolute Gasteiger partial charge is 0.497 e. The number of nitro groups is 1. The van der Waals surface area contributed by atoms with Crippen LogP contribution in [0.2, 0.25) is 0 Å². The summed E-state index contributed by atoms with van der Waals surface area (Å²) in [5, 5.41) is 37.3. The van der Waals surface area contributed by atoms with Gasteiger partial charge < -0.3 is 20.5 Å². The molecule has 2 aromatic carbocycles. The third kappa shape index (κ3) is 7.82. The number of piperidine rings is 3. The number of carbonyl (C=O) groups is 1. The summed E-state index contributed by atoms with van der Waals surface area (Å²) in [6, 6.07) is 10.9. The highest BCUT2D eigenvalue weighted by Gasteiger charge is 2.43. The third-order valence-electron chi connectivity index (χ3n) is 9.79. The van der Waals surface area contributed by atoms with Gasteiger partial charge in [-0.25, -0.2) is 4.63 Å². The molecule has 2 bridgehead atoms. The Bertz CT molecular complexity index is 1720. The SMILES string of the molecule is COc1ccc2nccc([C@H](O)[C@H]3C[C@@H]4CCN3C[C@@H]4CCSCCNC(=O)CCCCCNc3ccc([N+](=O)[O-])c4nonc34)c2c1. The number of aliphatic hydroxyl groups excluding tert-OH is 1. The number of hydrogen-bond acceptors (Lipinski definition) is 12. The minimum Gasteiger partial charge on any atom is -0.497 e. The van der Waals surface area contributed by atoms with Crippen LogP contribution in [-0.4, -0.2) is 87.0 Å². The van der Waals surface area contributed by atoms with E-state index in [0.29, 0.717) is 42.6 Å². The summed E-state index contributed by atoms with van der Waals surface area (Å²) in [5.41, 5.74) is 2.76. The molecule has 2 aromatic heterocycles. The molecule has 5 heterocycles. The first-order valence-corrected chi connectivity index (χ1v) is 17.9. The van der Waals surface area contributed by atoms with Crippen LogP contribution in [0.1, 0.15) is 56.6 Å². The number of aromatic nitrogens is 3. The van der Waals surface area contributed by atoms with Crippen LogP contribution in [0.25, 0.3) is 21.9 Å². The number of unbranched alkanes of at least 4 members (excludes halogenated alkanes) is 2. The van der Waals surface area contributed by atoms with Crippen molar-refractivity contribution < 1.29 is 24.2 Å². The maximum atomic E-state index is 12.3. The second-order valence-corrected chi connectivity index (χ2v) is 13.9. The Labute approximate surface area is 283 Å². The molecule has 7 rings (SSSR count). The number of nitrogens with one attached hydrogen (secondary N) is 2. The second kappa shape index (κ2) is 15.9. The highest BCUT2D eigenvalue weighted by molar-refractivity contribution is 7.99. The van der Waals surface area contributed by atoms with E-state index in [1.807, 2.05) is 36.0 Å². The van der Waals surface area contributed by atoms with Crippen molar-refractivity contribution in [3.8, 4) is 5.75 Å². The van der Waals surface area contributed by atoms with Gasteiger partial charge >= 0.3 is 5.69 Å². The van der Waals surface area contributed by atoms with Crippen LogP contribution in [0.3, 0.4) is 0 Å². The summed E-state index contributed by atoms with van der Waals surface area (Å²) in [6.45, 7) is 3.39. The lowest BCUT2D eigenvalue weighted by atomic mass is 9.72. The van der Waals surface area contributed by atoms with E-state index in [1.165, 1.54) is 12.5 Å². The van der Waals surface area contributed by atoms with Crippen molar-refractivity contribution in [3.05, 3.63) is 58.3 Å². The highest BCUT2D eigenvalue weighted by atomic mass is 32.2. The van der Waals surface area contributed by atoms with E-state index >= 15 is 0 Å². The number of hydrogen-bond donors (Lipinski definition) is 3. The first-order valence-electron chi connectivity index (χ1n) is 16.8. The van der Waals surface area contributed by atoms with Gasteiger partial charge in [0.05, 0.1) is 29.3 Å². The number of nitrogens with zero attached hydrogens (tertiary/aromatic N) is 5. The molecule has 1 amide bonds. The Kier molecular flexibility index (Phi) is 11.2. The number of pyridine rings is 1. The van der Waals surface area contributed by atoms with Crippen molar-refractivity contribution in [3.63, 3.8) is 0 Å². The molecule has 256 valence electrons. The Balaban J connectivity index is 0.835. The summed E-state index contributed by atoms with van der Waals surface area (Å²) in [6.07, 6.45) is 7.60. The minimum absolute atomic E-state index is 0.0803. The molecular formula is C34H43N7O6S. The van der Waals surface area contributed by atoms with Crippen molar-refractivity contribution in [1.82, 2.24) is 25.5 Å². The van der Waals surface area contributed by atoms with E-state index in [2.05, 4.69) is 30.8 Å². The fraction of sp³-hybridized carbons (Fsp3) is 0.529. The lowest BCUT2D eigenvalue weighted by Gasteiger charge is -2.51. The lowest BCUT2D eigenvalue weighted by Crippen LogP contribution is -2.55. The fourth-order valence-electron chi connectivity index (χ4n) is 7.22. The van der Waals surface area contributed by atoms with Gasteiger partial charge in [-0.3, -0.25) is 24.8 Å². The van der Waals surface area contributed by atoms with Crippen molar-refractivity contribution in [1.29, 1.82) is 0 Å². The predicted molar refractivity (Wildman–Crippen MR) is 185 cm³/mol. The van der Waals surface area contributed by atoms with Crippen molar-refractivity contribution >= 4 is 51.0 Å². The van der Waals surface area contributed by atoms with Crippen LogP contribution in [0.15, 0.2) is 47.2 Å². The predicted octanol–water partition coefficient (Wildman–Crippen LogP) is 5.34. The molecule has 14 heteroatoms. The zero-order chi connectivity index (χ0) is 33.5. The number of fused-ring (bicyclic) bond motifs is 5. The Morgan fingerprint density at radius 2 is 2.04 bits per heavy atom. The summed E-state index contributed by atoms with van der Waals surface area (Å²) < 4.78 is 10.1. The summed E-state index contributed by atoms with van der Waals surface area (Å²) in [4.78, 5) is 29.9. The normalized spacial score (nSPS) is 21.0. The highest BCUT2D eigenvalue weighted by Crippen LogP contribution is 2.43. The summed E-state index contributed by atoms with van der Waals surface area (Å²) in [5.74, 6) is 4.09. The summed E-state index contributed by atoms with van der Waals surface area (Å²) >= 11 is 1.90. The number of nitro benzene ring substituents is 1. The molecule has 3 aliphatic heterocycles. The van der Waals surface area contributed by atoms with Gasteiger partial charge in [-0.05, 0) is 102 Å². The van der Waals surface area contributed by atoms with Gasteiger partial charge in [0.15, 0.2) is 5.52 Å². The second-order valence-electron chi connectivity index (χ2n) is 12.7. The minimum atomic E-state index is -0.562. The molecule has 0 saturated carbocycles. The van der Waals surface area contributed by atoms with Gasteiger partial charge in [0.2, 0.25) is 11.4 Å². The maximum Gasteiger partial charge on any atom is 0.300 e. The van der Waals surface area contributed by atoms with Gasteiger partial charge in [-0.2, -0.15) is 11.8 Å². The maximum absolute atomic E-state index is 12.3. The van der Waals surface area contributed by atoms with Gasteiger partial charge in [0.1, 0.15) is 5.75 Å². The quantitative estimate of drug-likeness (QED) is 0.0746. The van der Waals surface area contributed by atoms with E-state index in [1.54, 1.807) is 19.4 Å². The van der Waals surface area contributed by atoms with Gasteiger partial charge in [0, 0.05) is 55.5 Å². The first-order chi connectivity index (χ1) is 23.4. The number of rotatable bonds is 17. The Morgan fingerprint density at radius 3 is 2.85 bits per heavy atom. The average Bonchev–Trinajstić information content (AvgIpc) is 3.61. The lowest BCUT2D eigenvalue weighted by molar-refractivity contribution is -0.383. The topological polar surface area (TPSA) is 169 Å². The van der Waals surface area contributed by atoms with Gasteiger partial charge in [-0.15, -0.1) is 0 Å². The van der Waals surface area contributed by atoms with Crippen LogP contribution < -0.4 is 15.4 Å². The molecule has 0 aliphatic carbocycles. The van der Waals surface area contributed by atoms with Crippen LogP contribution in [0.4, 0.5) is 11.4 Å². The van der Waals surface area contributed by atoms with Crippen LogP contribution >= 0.6 is 11.8 Å². The van der Waals surface area contributed by atoms with Crippen LogP contribution in [0, 0.1) is 22.0 Å². The van der Waals surface area contributed by atoms with E-state index in [4.69, 9.17) is 9.37 Å². The number of amides is 1. The number of carbonyl (C=O) groups excluding carboxylic acids is 1. The molecule has 4 aromatic rings. The monoisotopic (exact) mass is 677 g/mol. The summed E-state index contributed by atoms with van der Waals surface area (Å²) in [7, 11) is 1.66. The zero-order valence-electron chi connectivity index (χ0n) is 27.2. The number of non-ortho nitro benzene ring substituents is 1. The van der Waals surface area contributed by atoms with E-state index in [-0.39, 0.29) is 23.2 Å². The molecule has 0 radical (unpaired) electrons. The van der Waals surface area contributed by atoms with Crippen molar-refractivity contribution in [2.45, 2.75) is 57.1 Å². The molecule has 3 saturated heterocycles. The van der Waals surface area contributed by atoms with E-state index < -0.39 is 11.0 Å². The van der Waals surface area contributed by atoms with E-state index in [0.717, 1.165) is 78.9 Å². The molecule has 1 unspecified atom stereocenters. The molecular weight excluding hydrogens is 634 g/mol. The molecule has 3 fully saturated rings. The number of aliphatic hydroxyl groups is 1. The smallest absolute Gasteiger partial charge is 0.300 e. The first kappa shape index (κ1) is 33.9. The number of thioether (sulfide) groups is 1. The zero-order valence-corrected chi connectivity index (χ0v) is 28.0. The molecule has 0 spiro atoms. The molecule has 3 N–H and O–H groups in total. The fourth-order valence-corrected chi connectivity index (χ4v) is 8.14. The standard InChI is InChI=1S/C34H43N7O6S/c1-46-24-6-7-27-26(20-24)25(10-14-36-27)34(43)30-19-22-11-16-40(30)21-23(22)12-17-48-18-15-37-31(42)5-3-2-4-13-35-28-8-9-29(41(44)45)33-32(28)38-47-39-33/h6-10,14,20,22-23,30,34-35,43H,2-5,11-13,15-19,21H2,1H3,(H,37,42)/t22-,23-,30+,34-/m0/s1. The molecule has 48 heavy (non-hydrogen) atoms. The van der Waals surface area contributed by atoms with Crippen LogP contribution in [0.5, 0.6) is 5.75 Å². The number of ether oxygens (including phenoxy) is 1. The van der Waals surface area contributed by atoms with Gasteiger partial charge in [0.25, 0.3) is 0 Å².